The number of hydrogen-bond donors (Lipinski definition) is 3. The molecule has 0 saturated carbocycles. The van der Waals surface area contributed by atoms with Crippen molar-refractivity contribution in [2.45, 2.75) is 24.9 Å². The number of aliphatic carboxylic acids is 1. The number of fused-ring (bicyclic) bond motifs is 1. The summed E-state index contributed by atoms with van der Waals surface area (Å²) in [6, 6.07) is 5.45. The number of hydrogen-bond acceptors (Lipinski definition) is 3. The van der Waals surface area contributed by atoms with E-state index in [1.165, 1.54) is 4.90 Å². The van der Waals surface area contributed by atoms with Crippen molar-refractivity contribution in [1.82, 2.24) is 10.6 Å². The Kier molecular flexibility index (Phi) is 3.25. The van der Waals surface area contributed by atoms with Crippen LogP contribution in [0.2, 0.25) is 0 Å². The lowest BCUT2D eigenvalue weighted by atomic mass is 10.1. The lowest BCUT2D eigenvalue weighted by Gasteiger charge is -2.24. The number of anilines is 1. The Morgan fingerprint density at radius 2 is 2.05 bits per heavy atom. The van der Waals surface area contributed by atoms with Gasteiger partial charge in [0.25, 0.3) is 0 Å². The normalized spacial score (nSPS) is 23.6. The SMILES string of the molecule is O=C1CC(NC(=O)N2c3ccccc3CC2C(=O)O)CN1. The molecule has 1 aromatic rings. The van der Waals surface area contributed by atoms with Gasteiger partial charge in [0.05, 0.1) is 6.04 Å². The maximum atomic E-state index is 12.4. The van der Waals surface area contributed by atoms with E-state index in [0.29, 0.717) is 18.7 Å². The summed E-state index contributed by atoms with van der Waals surface area (Å²) in [5, 5.41) is 14.7. The number of para-hydroxylation sites is 1. The summed E-state index contributed by atoms with van der Waals surface area (Å²) < 4.78 is 0. The van der Waals surface area contributed by atoms with Gasteiger partial charge in [0.1, 0.15) is 6.04 Å². The first-order chi connectivity index (χ1) is 10.1. The average molecular weight is 289 g/mol. The number of amides is 3. The fourth-order valence-electron chi connectivity index (χ4n) is 2.79. The number of carboxylic acids is 1. The molecule has 7 nitrogen and oxygen atoms in total. The third-order valence-corrected chi connectivity index (χ3v) is 3.78. The van der Waals surface area contributed by atoms with Crippen LogP contribution in [0.5, 0.6) is 0 Å². The number of carboxylic acid groups (broad SMARTS) is 1. The van der Waals surface area contributed by atoms with Gasteiger partial charge in [-0.3, -0.25) is 9.69 Å². The second kappa shape index (κ2) is 5.08. The fourth-order valence-corrected chi connectivity index (χ4v) is 2.79. The fraction of sp³-hybridized carbons (Fsp3) is 0.357. The third kappa shape index (κ3) is 2.42. The molecule has 7 heteroatoms. The standard InChI is InChI=1S/C14H15N3O4/c18-12-6-9(7-15-12)16-14(21)17-10-4-2-1-3-8(10)5-11(17)13(19)20/h1-4,9,11H,5-7H2,(H,15,18)(H,16,21)(H,19,20). The first kappa shape index (κ1) is 13.4. The van der Waals surface area contributed by atoms with E-state index in [0.717, 1.165) is 5.56 Å². The van der Waals surface area contributed by atoms with Gasteiger partial charge in [-0.15, -0.1) is 0 Å². The molecule has 0 spiro atoms. The van der Waals surface area contributed by atoms with Gasteiger partial charge in [-0.1, -0.05) is 18.2 Å². The van der Waals surface area contributed by atoms with Crippen molar-refractivity contribution in [3.05, 3.63) is 29.8 Å². The van der Waals surface area contributed by atoms with Crippen LogP contribution in [0, 0.1) is 0 Å². The lowest BCUT2D eigenvalue weighted by Crippen LogP contribution is -2.51. The van der Waals surface area contributed by atoms with Crippen molar-refractivity contribution in [2.24, 2.45) is 0 Å². The highest BCUT2D eigenvalue weighted by atomic mass is 16.4. The predicted molar refractivity (Wildman–Crippen MR) is 74.0 cm³/mol. The molecule has 2 atom stereocenters. The van der Waals surface area contributed by atoms with Gasteiger partial charge >= 0.3 is 12.0 Å². The van der Waals surface area contributed by atoms with Gasteiger partial charge in [-0.05, 0) is 11.6 Å². The van der Waals surface area contributed by atoms with Crippen LogP contribution < -0.4 is 15.5 Å². The molecule has 2 aliphatic heterocycles. The topological polar surface area (TPSA) is 98.7 Å². The molecule has 0 bridgehead atoms. The number of nitrogens with one attached hydrogen (secondary N) is 2. The Balaban J connectivity index is 1.82. The first-order valence-corrected chi connectivity index (χ1v) is 6.73. The molecule has 0 radical (unpaired) electrons. The van der Waals surface area contributed by atoms with E-state index in [2.05, 4.69) is 10.6 Å². The summed E-state index contributed by atoms with van der Waals surface area (Å²) in [7, 11) is 0. The Labute approximate surface area is 120 Å². The minimum absolute atomic E-state index is 0.114. The van der Waals surface area contributed by atoms with Gasteiger partial charge in [0.2, 0.25) is 5.91 Å². The molecule has 2 unspecified atom stereocenters. The smallest absolute Gasteiger partial charge is 0.327 e. The van der Waals surface area contributed by atoms with Crippen LogP contribution in [0.25, 0.3) is 0 Å². The summed E-state index contributed by atoms with van der Waals surface area (Å²) in [6.07, 6.45) is 0.514. The zero-order valence-corrected chi connectivity index (χ0v) is 11.2. The van der Waals surface area contributed by atoms with Crippen molar-refractivity contribution < 1.29 is 19.5 Å². The van der Waals surface area contributed by atoms with E-state index in [9.17, 15) is 19.5 Å². The zero-order chi connectivity index (χ0) is 15.0. The van der Waals surface area contributed by atoms with Crippen molar-refractivity contribution >= 4 is 23.6 Å². The van der Waals surface area contributed by atoms with Crippen LogP contribution in [-0.2, 0) is 16.0 Å². The van der Waals surface area contributed by atoms with E-state index in [-0.39, 0.29) is 18.4 Å². The van der Waals surface area contributed by atoms with E-state index < -0.39 is 18.0 Å². The Hall–Kier alpha value is -2.57. The largest absolute Gasteiger partial charge is 0.480 e. The van der Waals surface area contributed by atoms with Crippen LogP contribution >= 0.6 is 0 Å². The quantitative estimate of drug-likeness (QED) is 0.719. The summed E-state index contributed by atoms with van der Waals surface area (Å²) >= 11 is 0. The molecule has 1 saturated heterocycles. The van der Waals surface area contributed by atoms with E-state index in [1.807, 2.05) is 12.1 Å². The van der Waals surface area contributed by atoms with E-state index >= 15 is 0 Å². The number of benzene rings is 1. The first-order valence-electron chi connectivity index (χ1n) is 6.73. The Morgan fingerprint density at radius 1 is 1.29 bits per heavy atom. The molecule has 3 N–H and O–H groups in total. The highest BCUT2D eigenvalue weighted by Gasteiger charge is 2.39. The molecule has 1 fully saturated rings. The van der Waals surface area contributed by atoms with Crippen LogP contribution in [-0.4, -0.2) is 41.6 Å². The molecular weight excluding hydrogens is 274 g/mol. The minimum Gasteiger partial charge on any atom is -0.480 e. The average Bonchev–Trinajstić information content (AvgIpc) is 3.02. The summed E-state index contributed by atoms with van der Waals surface area (Å²) in [6.45, 7) is 0.373. The molecule has 2 aliphatic rings. The molecule has 0 aromatic heterocycles. The Bertz CT molecular complexity index is 616. The molecule has 21 heavy (non-hydrogen) atoms. The van der Waals surface area contributed by atoms with Crippen LogP contribution in [0.15, 0.2) is 24.3 Å². The number of carbonyl (C=O) groups excluding carboxylic acids is 2. The van der Waals surface area contributed by atoms with Gasteiger partial charge in [0, 0.05) is 25.1 Å². The lowest BCUT2D eigenvalue weighted by molar-refractivity contribution is -0.138. The zero-order valence-electron chi connectivity index (χ0n) is 11.2. The predicted octanol–water partition coefficient (Wildman–Crippen LogP) is 0.100. The van der Waals surface area contributed by atoms with E-state index in [1.54, 1.807) is 12.1 Å². The number of rotatable bonds is 2. The number of carbonyl (C=O) groups is 3. The highest BCUT2D eigenvalue weighted by Crippen LogP contribution is 2.32. The summed E-state index contributed by atoms with van der Waals surface area (Å²) in [5.74, 6) is -1.15. The third-order valence-electron chi connectivity index (χ3n) is 3.78. The van der Waals surface area contributed by atoms with Gasteiger partial charge in [0.15, 0.2) is 0 Å². The molecule has 2 heterocycles. The molecule has 0 aliphatic carbocycles. The molecule has 3 amide bonds. The maximum absolute atomic E-state index is 12.4. The Morgan fingerprint density at radius 3 is 2.71 bits per heavy atom. The second-order valence-corrected chi connectivity index (χ2v) is 5.21. The van der Waals surface area contributed by atoms with Gasteiger partial charge in [-0.25, -0.2) is 9.59 Å². The molecule has 1 aromatic carbocycles. The second-order valence-electron chi connectivity index (χ2n) is 5.21. The minimum atomic E-state index is -1.04. The van der Waals surface area contributed by atoms with Crippen molar-refractivity contribution in [1.29, 1.82) is 0 Å². The van der Waals surface area contributed by atoms with E-state index in [4.69, 9.17) is 0 Å². The monoisotopic (exact) mass is 289 g/mol. The summed E-state index contributed by atoms with van der Waals surface area (Å²) in [5.41, 5.74) is 1.44. The van der Waals surface area contributed by atoms with Gasteiger partial charge < -0.3 is 15.7 Å². The van der Waals surface area contributed by atoms with Crippen molar-refractivity contribution in [3.63, 3.8) is 0 Å². The molecular formula is C14H15N3O4. The number of nitrogens with zero attached hydrogens (tertiary/aromatic N) is 1. The van der Waals surface area contributed by atoms with Crippen molar-refractivity contribution in [2.75, 3.05) is 11.4 Å². The highest BCUT2D eigenvalue weighted by molar-refractivity contribution is 6.01. The van der Waals surface area contributed by atoms with Gasteiger partial charge in [-0.2, -0.15) is 0 Å². The number of urea groups is 1. The van der Waals surface area contributed by atoms with Crippen LogP contribution in [0.4, 0.5) is 10.5 Å². The van der Waals surface area contributed by atoms with Crippen LogP contribution in [0.1, 0.15) is 12.0 Å². The molecule has 3 rings (SSSR count). The summed E-state index contributed by atoms with van der Waals surface area (Å²) in [4.78, 5) is 36.2. The van der Waals surface area contributed by atoms with Crippen LogP contribution in [0.3, 0.4) is 0 Å². The van der Waals surface area contributed by atoms with Crippen molar-refractivity contribution in [3.8, 4) is 0 Å². The molecule has 110 valence electrons. The maximum Gasteiger partial charge on any atom is 0.327 e.